The second-order valence-corrected chi connectivity index (χ2v) is 6.32. The molecular formula is C18H19N3O6. The van der Waals surface area contributed by atoms with Gasteiger partial charge in [0.25, 0.3) is 5.69 Å². The van der Waals surface area contributed by atoms with Gasteiger partial charge in [-0.25, -0.2) is 4.79 Å². The first-order valence-electron chi connectivity index (χ1n) is 8.38. The summed E-state index contributed by atoms with van der Waals surface area (Å²) in [6.07, 6.45) is 0.892. The number of aliphatic hydroxyl groups excluding tert-OH is 2. The first-order valence-corrected chi connectivity index (χ1v) is 8.38. The average Bonchev–Trinajstić information content (AvgIpc) is 3.08. The third-order valence-electron chi connectivity index (χ3n) is 4.46. The van der Waals surface area contributed by atoms with Crippen LogP contribution in [-0.2, 0) is 11.3 Å². The smallest absolute Gasteiger partial charge is 0.410 e. The fourth-order valence-electron chi connectivity index (χ4n) is 3.07. The fraction of sp³-hybridized carbons (Fsp3) is 0.333. The van der Waals surface area contributed by atoms with Gasteiger partial charge in [0.05, 0.1) is 23.6 Å². The minimum atomic E-state index is -0.997. The number of nitro groups is 1. The van der Waals surface area contributed by atoms with Crippen LogP contribution in [0.3, 0.4) is 0 Å². The summed E-state index contributed by atoms with van der Waals surface area (Å²) in [4.78, 5) is 27.9. The molecule has 1 aliphatic rings. The Bertz CT molecular complexity index is 799. The number of carbonyl (C=O) groups excluding carboxylic acids is 1. The minimum absolute atomic E-state index is 0.0487. The lowest BCUT2D eigenvalue weighted by Gasteiger charge is -2.27. The van der Waals surface area contributed by atoms with Crippen LogP contribution in [0.15, 0.2) is 48.8 Å². The minimum Gasteiger partial charge on any atom is -0.445 e. The summed E-state index contributed by atoms with van der Waals surface area (Å²) in [7, 11) is 0. The molecular weight excluding hydrogens is 354 g/mol. The van der Waals surface area contributed by atoms with Gasteiger partial charge < -0.3 is 14.9 Å². The SMILES string of the molecule is O=C(OCc1ccc([N+](=O)[O-])cc1)N1C[C@H](O)C[C@H]1C(O)c1cccnc1. The van der Waals surface area contributed by atoms with Gasteiger partial charge in [-0.1, -0.05) is 6.07 Å². The molecule has 0 saturated carbocycles. The Kier molecular flexibility index (Phi) is 5.63. The highest BCUT2D eigenvalue weighted by Crippen LogP contribution is 2.30. The Morgan fingerprint density at radius 2 is 2.11 bits per heavy atom. The Morgan fingerprint density at radius 1 is 1.37 bits per heavy atom. The van der Waals surface area contributed by atoms with Gasteiger partial charge in [-0.2, -0.15) is 0 Å². The third kappa shape index (κ3) is 4.39. The Hall–Kier alpha value is -3.04. The van der Waals surface area contributed by atoms with Crippen LogP contribution in [0.1, 0.15) is 23.7 Å². The van der Waals surface area contributed by atoms with E-state index >= 15 is 0 Å². The number of benzene rings is 1. The number of hydrogen-bond donors (Lipinski definition) is 2. The number of aliphatic hydroxyl groups is 2. The van der Waals surface area contributed by atoms with Crippen LogP contribution in [0.4, 0.5) is 10.5 Å². The quantitative estimate of drug-likeness (QED) is 0.604. The highest BCUT2D eigenvalue weighted by molar-refractivity contribution is 5.68. The number of amides is 1. The molecule has 9 nitrogen and oxygen atoms in total. The van der Waals surface area contributed by atoms with Crippen LogP contribution in [0.5, 0.6) is 0 Å². The molecule has 9 heteroatoms. The van der Waals surface area contributed by atoms with Crippen molar-refractivity contribution < 1.29 is 24.7 Å². The molecule has 142 valence electrons. The fourth-order valence-corrected chi connectivity index (χ4v) is 3.07. The summed E-state index contributed by atoms with van der Waals surface area (Å²) in [6, 6.07) is 8.42. The van der Waals surface area contributed by atoms with Crippen LogP contribution < -0.4 is 0 Å². The molecule has 3 rings (SSSR count). The van der Waals surface area contributed by atoms with Crippen molar-refractivity contribution in [2.75, 3.05) is 6.54 Å². The van der Waals surface area contributed by atoms with E-state index in [2.05, 4.69) is 4.98 Å². The van der Waals surface area contributed by atoms with Crippen molar-refractivity contribution in [2.24, 2.45) is 0 Å². The van der Waals surface area contributed by atoms with Gasteiger partial charge in [0.15, 0.2) is 0 Å². The van der Waals surface area contributed by atoms with Crippen molar-refractivity contribution >= 4 is 11.8 Å². The van der Waals surface area contributed by atoms with Crippen LogP contribution in [-0.4, -0.2) is 49.8 Å². The number of hydrogen-bond acceptors (Lipinski definition) is 7. The predicted molar refractivity (Wildman–Crippen MR) is 93.6 cm³/mol. The second-order valence-electron chi connectivity index (χ2n) is 6.32. The molecule has 0 spiro atoms. The van der Waals surface area contributed by atoms with Crippen LogP contribution in [0, 0.1) is 10.1 Å². The van der Waals surface area contributed by atoms with Gasteiger partial charge >= 0.3 is 6.09 Å². The largest absolute Gasteiger partial charge is 0.445 e. The zero-order valence-corrected chi connectivity index (χ0v) is 14.3. The molecule has 1 saturated heterocycles. The lowest BCUT2D eigenvalue weighted by Crippen LogP contribution is -2.39. The number of aromatic nitrogens is 1. The first-order chi connectivity index (χ1) is 13.0. The molecule has 0 bridgehead atoms. The highest BCUT2D eigenvalue weighted by atomic mass is 16.6. The molecule has 1 aromatic carbocycles. The molecule has 2 N–H and O–H groups in total. The summed E-state index contributed by atoms with van der Waals surface area (Å²) >= 11 is 0. The van der Waals surface area contributed by atoms with Crippen LogP contribution >= 0.6 is 0 Å². The van der Waals surface area contributed by atoms with Crippen molar-refractivity contribution in [1.82, 2.24) is 9.88 Å². The van der Waals surface area contributed by atoms with Gasteiger partial charge in [-0.3, -0.25) is 20.0 Å². The molecule has 1 aliphatic heterocycles. The van der Waals surface area contributed by atoms with Crippen molar-refractivity contribution in [1.29, 1.82) is 0 Å². The normalized spacial score (nSPS) is 20.3. The lowest BCUT2D eigenvalue weighted by molar-refractivity contribution is -0.384. The first kappa shape index (κ1) is 18.7. The highest BCUT2D eigenvalue weighted by Gasteiger charge is 2.40. The number of carbonyl (C=O) groups is 1. The molecule has 2 heterocycles. The number of likely N-dealkylation sites (tertiary alicyclic amines) is 1. The molecule has 0 aliphatic carbocycles. The summed E-state index contributed by atoms with van der Waals surface area (Å²) in [6.45, 7) is -0.0137. The van der Waals surface area contributed by atoms with Gasteiger partial charge in [-0.05, 0) is 30.2 Å². The maximum Gasteiger partial charge on any atom is 0.410 e. The topological polar surface area (TPSA) is 126 Å². The zero-order valence-electron chi connectivity index (χ0n) is 14.3. The molecule has 27 heavy (non-hydrogen) atoms. The van der Waals surface area contributed by atoms with E-state index in [0.717, 1.165) is 0 Å². The average molecular weight is 373 g/mol. The second kappa shape index (κ2) is 8.11. The number of nitrogens with zero attached hydrogens (tertiary/aromatic N) is 3. The summed E-state index contributed by atoms with van der Waals surface area (Å²) < 4.78 is 5.26. The van der Waals surface area contributed by atoms with Gasteiger partial charge in [0.1, 0.15) is 12.7 Å². The Morgan fingerprint density at radius 3 is 2.74 bits per heavy atom. The Balaban J connectivity index is 1.64. The van der Waals surface area contributed by atoms with Crippen molar-refractivity contribution in [3.8, 4) is 0 Å². The van der Waals surface area contributed by atoms with Crippen LogP contribution in [0.2, 0.25) is 0 Å². The van der Waals surface area contributed by atoms with E-state index in [9.17, 15) is 25.1 Å². The summed E-state index contributed by atoms with van der Waals surface area (Å²) in [5, 5.41) is 31.2. The van der Waals surface area contributed by atoms with E-state index < -0.39 is 29.3 Å². The van der Waals surface area contributed by atoms with Crippen molar-refractivity contribution in [3.63, 3.8) is 0 Å². The van der Waals surface area contributed by atoms with E-state index in [4.69, 9.17) is 4.74 Å². The maximum absolute atomic E-state index is 12.4. The molecule has 1 unspecified atom stereocenters. The number of ether oxygens (including phenoxy) is 1. The standard InChI is InChI=1S/C18H19N3O6/c22-15-8-16(17(23)13-2-1-7-19-9-13)20(10-15)18(24)27-11-12-3-5-14(6-4-12)21(25)26/h1-7,9,15-17,22-23H,8,10-11H2/t15-,16+,17?/m1/s1. The Labute approximate surface area is 155 Å². The summed E-state index contributed by atoms with van der Waals surface area (Å²) in [5.41, 5.74) is 1.09. The predicted octanol–water partition coefficient (Wildman–Crippen LogP) is 1.80. The number of pyridine rings is 1. The number of nitro benzene ring substituents is 1. The van der Waals surface area contributed by atoms with E-state index in [1.165, 1.54) is 35.4 Å². The molecule has 1 amide bonds. The van der Waals surface area contributed by atoms with E-state index in [1.54, 1.807) is 18.3 Å². The van der Waals surface area contributed by atoms with Gasteiger partial charge in [0.2, 0.25) is 0 Å². The van der Waals surface area contributed by atoms with Crippen molar-refractivity contribution in [3.05, 3.63) is 70.0 Å². The van der Waals surface area contributed by atoms with Gasteiger partial charge in [0, 0.05) is 30.1 Å². The maximum atomic E-state index is 12.4. The molecule has 3 atom stereocenters. The van der Waals surface area contributed by atoms with Crippen LogP contribution in [0.25, 0.3) is 0 Å². The van der Waals surface area contributed by atoms with E-state index in [-0.39, 0.29) is 25.3 Å². The molecule has 1 aromatic heterocycles. The van der Waals surface area contributed by atoms with Crippen molar-refractivity contribution in [2.45, 2.75) is 31.3 Å². The molecule has 2 aromatic rings. The van der Waals surface area contributed by atoms with Gasteiger partial charge in [-0.15, -0.1) is 0 Å². The molecule has 1 fully saturated rings. The number of β-amino-alcohol motifs (C(OH)–C–C–N with tert-alkyl or cyclic N) is 1. The lowest BCUT2D eigenvalue weighted by atomic mass is 10.0. The monoisotopic (exact) mass is 373 g/mol. The number of non-ortho nitro benzene ring substituents is 1. The third-order valence-corrected chi connectivity index (χ3v) is 4.46. The van der Waals surface area contributed by atoms with E-state index in [1.807, 2.05) is 0 Å². The summed E-state index contributed by atoms with van der Waals surface area (Å²) in [5.74, 6) is 0. The molecule has 0 radical (unpaired) electrons. The number of rotatable bonds is 5. The zero-order chi connectivity index (χ0) is 19.4. The van der Waals surface area contributed by atoms with E-state index in [0.29, 0.717) is 11.1 Å².